The van der Waals surface area contributed by atoms with Crippen molar-refractivity contribution in [3.63, 3.8) is 0 Å². The van der Waals surface area contributed by atoms with Crippen molar-refractivity contribution in [2.45, 2.75) is 90.8 Å². The van der Waals surface area contributed by atoms with Crippen LogP contribution in [-0.2, 0) is 53.8 Å². The zero-order chi connectivity index (χ0) is 51.1. The summed E-state index contributed by atoms with van der Waals surface area (Å²) in [6, 6.07) is 28.4. The summed E-state index contributed by atoms with van der Waals surface area (Å²) in [5.41, 5.74) is -0.277. The van der Waals surface area contributed by atoms with Gasteiger partial charge in [0.15, 0.2) is 5.60 Å². The van der Waals surface area contributed by atoms with Crippen LogP contribution in [0, 0.1) is 40.9 Å². The summed E-state index contributed by atoms with van der Waals surface area (Å²) in [6.45, 7) is 15.6. The van der Waals surface area contributed by atoms with E-state index in [-0.39, 0.29) is 78.7 Å². The highest BCUT2D eigenvalue weighted by Crippen LogP contribution is 2.61. The van der Waals surface area contributed by atoms with Crippen LogP contribution in [-0.4, -0.2) is 105 Å². The van der Waals surface area contributed by atoms with Crippen LogP contribution in [0.4, 0.5) is 0 Å². The molecular weight excluding hydrogens is 917 g/mol. The number of ketones is 1. The second-order valence-corrected chi connectivity index (χ2v) is 25.4. The van der Waals surface area contributed by atoms with Crippen LogP contribution < -0.4 is 15.1 Å². The minimum Gasteiger partial charge on any atom is -0.499 e. The molecule has 0 unspecified atom stereocenters. The average molecular weight is 993 g/mol. The molecule has 13 heteroatoms. The van der Waals surface area contributed by atoms with E-state index in [1.807, 2.05) is 66.7 Å². The van der Waals surface area contributed by atoms with Gasteiger partial charge in [0.05, 0.1) is 58.8 Å². The van der Waals surface area contributed by atoms with Crippen molar-refractivity contribution in [2.24, 2.45) is 40.9 Å². The molecule has 384 valence electrons. The number of Topliss-reactive ketones (excluding diaryl/α,β-unsaturated/α-hetero) is 1. The minimum atomic E-state index is -3.07. The Balaban J connectivity index is 1.31. The monoisotopic (exact) mass is 993 g/mol. The van der Waals surface area contributed by atoms with E-state index in [1.165, 1.54) is 14.2 Å². The number of aliphatic hydroxyl groups is 1. The second kappa shape index (κ2) is 23.0. The highest BCUT2D eigenvalue weighted by Gasteiger charge is 2.65. The average Bonchev–Trinajstić information content (AvgIpc) is 3.59. The molecule has 2 fully saturated rings. The van der Waals surface area contributed by atoms with Crippen molar-refractivity contribution in [3.8, 4) is 5.75 Å². The molecule has 0 bridgehead atoms. The molecular formula is C58H76O12Si. The first-order valence-electron chi connectivity index (χ1n) is 24.9. The van der Waals surface area contributed by atoms with E-state index in [0.717, 1.165) is 33.7 Å². The van der Waals surface area contributed by atoms with Gasteiger partial charge >= 0.3 is 5.97 Å². The topological polar surface area (TPSA) is 137 Å². The molecule has 1 heterocycles. The Morgan fingerprint density at radius 3 is 2.06 bits per heavy atom. The summed E-state index contributed by atoms with van der Waals surface area (Å²) in [6.07, 6.45) is 8.14. The molecule has 7 rings (SSSR count). The number of allylic oxidation sites excluding steroid dienone is 3. The largest absolute Gasteiger partial charge is 0.499 e. The maximum Gasteiger partial charge on any atom is 0.346 e. The lowest BCUT2D eigenvalue weighted by Crippen LogP contribution is -2.66. The minimum absolute atomic E-state index is 0.0221. The third kappa shape index (κ3) is 10.4. The van der Waals surface area contributed by atoms with E-state index < -0.39 is 49.7 Å². The number of carbonyl (C=O) groups excluding carboxylic acids is 2. The third-order valence-corrected chi connectivity index (χ3v) is 20.7. The van der Waals surface area contributed by atoms with Gasteiger partial charge in [-0.1, -0.05) is 144 Å². The van der Waals surface area contributed by atoms with Crippen LogP contribution in [0.1, 0.15) is 66.9 Å². The molecule has 1 saturated heterocycles. The van der Waals surface area contributed by atoms with Crippen LogP contribution in [0.15, 0.2) is 132 Å². The molecule has 12 nitrogen and oxygen atoms in total. The number of hydrogen-bond acceptors (Lipinski definition) is 12. The van der Waals surface area contributed by atoms with E-state index in [9.17, 15) is 5.11 Å². The highest BCUT2D eigenvalue weighted by molar-refractivity contribution is 6.99. The van der Waals surface area contributed by atoms with Gasteiger partial charge in [-0.25, -0.2) is 4.79 Å². The number of aliphatic hydroxyl groups excluding tert-OH is 1. The molecule has 71 heavy (non-hydrogen) atoms. The molecule has 1 N–H and O–H groups in total. The van der Waals surface area contributed by atoms with E-state index in [4.69, 9.17) is 42.3 Å². The molecule has 10 atom stereocenters. The number of rotatable bonds is 20. The number of esters is 1. The first kappa shape index (κ1) is 54.1. The van der Waals surface area contributed by atoms with Gasteiger partial charge in [0.1, 0.15) is 30.7 Å². The fraction of sp³-hybridized carbons (Fsp3) is 0.517. The predicted octanol–water partition coefficient (Wildman–Crippen LogP) is 8.52. The number of fused-ring (bicyclic) bond motifs is 1. The summed E-state index contributed by atoms with van der Waals surface area (Å²) in [5.74, 6) is -1.61. The van der Waals surface area contributed by atoms with Gasteiger partial charge < -0.3 is 47.4 Å². The molecule has 4 aliphatic rings. The molecule has 3 aromatic carbocycles. The SMILES string of the molecule is COCO[C@@H]1[C@H]2C=C[C@@H](/C(C)=C/COCc3ccc(OC)cc3)[C@@](C)(/C(OC)=C3\C(=O)O[C@]4(CC(CO[Si](c5ccccc5)(c5ccccc5)C(C)(C)C)=C[C@H](OCOC)[C@H]4CO)C3=O)[C@@H]2[C@@H](C)C[C@@H]1C. The molecule has 0 radical (unpaired) electrons. The van der Waals surface area contributed by atoms with Crippen LogP contribution in [0.3, 0.4) is 0 Å². The van der Waals surface area contributed by atoms with Crippen molar-refractivity contribution < 1.29 is 57.0 Å². The van der Waals surface area contributed by atoms with Crippen LogP contribution in [0.5, 0.6) is 5.75 Å². The third-order valence-electron chi connectivity index (χ3n) is 15.8. The first-order chi connectivity index (χ1) is 34.1. The Kier molecular flexibility index (Phi) is 17.5. The zero-order valence-electron chi connectivity index (χ0n) is 43.6. The molecule has 3 aromatic rings. The van der Waals surface area contributed by atoms with E-state index in [2.05, 4.69) is 91.0 Å². The lowest BCUT2D eigenvalue weighted by atomic mass is 9.49. The molecule has 1 saturated carbocycles. The number of methoxy groups -OCH3 is 4. The van der Waals surface area contributed by atoms with Crippen LogP contribution in [0.25, 0.3) is 0 Å². The summed E-state index contributed by atoms with van der Waals surface area (Å²) in [5, 5.41) is 13.2. The zero-order valence-corrected chi connectivity index (χ0v) is 44.6. The van der Waals surface area contributed by atoms with Crippen LogP contribution in [0.2, 0.25) is 5.04 Å². The van der Waals surface area contributed by atoms with Gasteiger partial charge in [-0.05, 0) is 69.8 Å². The Morgan fingerprint density at radius 2 is 1.48 bits per heavy atom. The lowest BCUT2D eigenvalue weighted by molar-refractivity contribution is -0.173. The Morgan fingerprint density at radius 1 is 0.845 bits per heavy atom. The van der Waals surface area contributed by atoms with Crippen molar-refractivity contribution >= 4 is 30.4 Å². The van der Waals surface area contributed by atoms with Crippen molar-refractivity contribution in [3.05, 3.63) is 137 Å². The van der Waals surface area contributed by atoms with E-state index in [1.54, 1.807) is 14.2 Å². The summed E-state index contributed by atoms with van der Waals surface area (Å²) < 4.78 is 55.6. The number of benzene rings is 3. The van der Waals surface area contributed by atoms with Gasteiger partial charge in [0, 0.05) is 37.9 Å². The smallest absolute Gasteiger partial charge is 0.346 e. The second-order valence-electron chi connectivity index (χ2n) is 21.1. The molecule has 0 amide bonds. The van der Waals surface area contributed by atoms with Crippen LogP contribution >= 0.6 is 0 Å². The van der Waals surface area contributed by atoms with E-state index in [0.29, 0.717) is 18.8 Å². The summed E-state index contributed by atoms with van der Waals surface area (Å²) in [4.78, 5) is 31.0. The van der Waals surface area contributed by atoms with E-state index >= 15 is 9.59 Å². The fourth-order valence-corrected chi connectivity index (χ4v) is 17.3. The summed E-state index contributed by atoms with van der Waals surface area (Å²) in [7, 11) is 3.24. The predicted molar refractivity (Wildman–Crippen MR) is 275 cm³/mol. The van der Waals surface area contributed by atoms with Gasteiger partial charge in [-0.3, -0.25) is 4.79 Å². The molecule has 0 aromatic heterocycles. The number of carbonyl (C=O) groups is 2. The fourth-order valence-electron chi connectivity index (χ4n) is 12.7. The Hall–Kier alpha value is -4.70. The standard InChI is InChI=1S/C58H76O12Si/c1-38(28-29-66-34-41-22-24-43(64-10)25-23-41)47-27-26-46-51(39(2)30-40(3)52(46)68-37-63-9)57(47,7)54(65-11)50-53(60)58(70-55(50)61)32-42(31-49(48(58)33-59)67-36-62-8)35-69-71(56(4,5)6,44-18-14-12-15-19-44)45-20-16-13-17-21-45/h12-28,31,39-40,46-49,51-52,59H,29-30,32-37H2,1-11H3/b38-28+,54-50+/t39-,40-,46-,47-,48+,49-,51+,52-,57+,58-/m0/s1. The van der Waals surface area contributed by atoms with Gasteiger partial charge in [0.2, 0.25) is 5.78 Å². The maximum atomic E-state index is 15.9. The van der Waals surface area contributed by atoms with Gasteiger partial charge in [-0.2, -0.15) is 0 Å². The Bertz CT molecular complexity index is 2370. The molecule has 1 spiro atoms. The number of ether oxygens (including phenoxy) is 8. The van der Waals surface area contributed by atoms with Crippen molar-refractivity contribution in [1.29, 1.82) is 0 Å². The summed E-state index contributed by atoms with van der Waals surface area (Å²) >= 11 is 0. The maximum absolute atomic E-state index is 15.9. The van der Waals surface area contributed by atoms with Crippen molar-refractivity contribution in [2.75, 3.05) is 61.8 Å². The van der Waals surface area contributed by atoms with Gasteiger partial charge in [-0.15, -0.1) is 0 Å². The first-order valence-corrected chi connectivity index (χ1v) is 26.9. The Labute approximate surface area is 422 Å². The lowest BCUT2D eigenvalue weighted by Gasteiger charge is -2.56. The van der Waals surface area contributed by atoms with Crippen molar-refractivity contribution in [1.82, 2.24) is 0 Å². The molecule has 1 aliphatic heterocycles. The molecule has 3 aliphatic carbocycles. The number of hydrogen-bond donors (Lipinski definition) is 1. The normalized spacial score (nSPS) is 29.7. The quantitative estimate of drug-likeness (QED) is 0.0170. The van der Waals surface area contributed by atoms with Gasteiger partial charge in [0.25, 0.3) is 8.32 Å². The highest BCUT2D eigenvalue weighted by atomic mass is 28.4.